The van der Waals surface area contributed by atoms with Crippen LogP contribution in [0.15, 0.2) is 218 Å². The molecule has 0 aliphatic carbocycles. The summed E-state index contributed by atoms with van der Waals surface area (Å²) >= 11 is 21.5. The van der Waals surface area contributed by atoms with Gasteiger partial charge in [0.2, 0.25) is 23.0 Å². The van der Waals surface area contributed by atoms with Gasteiger partial charge in [0.05, 0.1) is 88.0 Å². The summed E-state index contributed by atoms with van der Waals surface area (Å²) in [4.78, 5) is 125. The number of para-hydroxylation sites is 2. The van der Waals surface area contributed by atoms with Crippen molar-refractivity contribution in [2.75, 3.05) is 128 Å². The minimum absolute atomic E-state index is 0. The van der Waals surface area contributed by atoms with E-state index in [0.717, 1.165) is 42.0 Å². The molecule has 34 nitrogen and oxygen atoms in total. The Kier molecular flexibility index (Phi) is 83.3. The minimum Gasteiger partial charge on any atom is -1.00 e. The van der Waals surface area contributed by atoms with Crippen LogP contribution in [-0.2, 0) is 108 Å². The molecule has 4 saturated heterocycles. The molecule has 0 spiro atoms. The average Bonchev–Trinajstić information content (AvgIpc) is 0.821. The van der Waals surface area contributed by atoms with Crippen LogP contribution in [-0.4, -0.2) is 269 Å². The van der Waals surface area contributed by atoms with Crippen molar-refractivity contribution in [1.82, 2.24) is 21.3 Å². The second kappa shape index (κ2) is 84.1. The summed E-state index contributed by atoms with van der Waals surface area (Å²) in [6.45, 7) is 11.3. The number of esters is 3. The van der Waals surface area contributed by atoms with Crippen LogP contribution in [0.5, 0.6) is 23.0 Å². The predicted molar refractivity (Wildman–Crippen MR) is 528 cm³/mol. The third-order valence-corrected chi connectivity index (χ3v) is 17.9. The first-order chi connectivity index (χ1) is 63.8. The molecular weight excluding hydrogens is 2050 g/mol. The summed E-state index contributed by atoms with van der Waals surface area (Å²) in [6.07, 6.45) is 3.55. The number of phenols is 3. The second-order valence-corrected chi connectivity index (χ2v) is 32.0. The van der Waals surface area contributed by atoms with E-state index in [2.05, 4.69) is 74.7 Å². The van der Waals surface area contributed by atoms with Crippen LogP contribution in [0.3, 0.4) is 0 Å². The number of aliphatic hydroxyl groups is 4. The molecule has 8 aromatic carbocycles. The summed E-state index contributed by atoms with van der Waals surface area (Å²) in [7, 11) is 2.98. The van der Waals surface area contributed by atoms with E-state index in [4.69, 9.17) is 109 Å². The number of nitrogens with zero attached hydrogens (tertiary/aromatic N) is 2. The zero-order valence-corrected chi connectivity index (χ0v) is 89.4. The van der Waals surface area contributed by atoms with Crippen molar-refractivity contribution in [2.45, 2.75) is 102 Å². The number of hydrogen-bond acceptors (Lipinski definition) is 30. The monoisotopic (exact) mass is 2170 g/mol. The molecule has 4 aliphatic heterocycles. The molecule has 44 heteroatoms. The van der Waals surface area contributed by atoms with Crippen LogP contribution in [0.1, 0.15) is 79.4 Å². The van der Waals surface area contributed by atoms with Crippen LogP contribution in [0.4, 0.5) is 11.4 Å². The summed E-state index contributed by atoms with van der Waals surface area (Å²) < 4.78 is 42.1. The number of alkyl halides is 2. The number of benzene rings is 8. The summed E-state index contributed by atoms with van der Waals surface area (Å²) in [6, 6.07) is 61.8. The zero-order chi connectivity index (χ0) is 99.2. The number of amides is 5. The SMILES string of the molecule is CC(C)(C)[O-].CCCCNC.CP=S.Cl.Ic1ccccc1.N[C@@H](CO)C(=O)OCc1ccccc1.O=C(CCl)N[C@@H](CO)C(=O)OCc1ccccc1.O=C(Cl)CCl.O=C1COC[C@@H](C(=O)OCc2ccccc2)N1.O=C1COC[C@@H](CO)N1.O=C1COC[C@@H](CO)N1c1ccccc1.O=Cc1c(O)cccc1O.O=Cc1c(O)cccc1OC[C@@H]1COCC(=O)N1c1ccccc1.[B].[H-].[K+].[Na+]. The Labute approximate surface area is 908 Å². The first-order valence-corrected chi connectivity index (χ1v) is 45.8. The number of carbonyl (C=O) groups is 11. The normalized spacial score (nSPS) is 14.9. The standard InChI is InChI=1S/C18H17NO5.C12H14ClNO4.C12H13NO4.C11H13NO3.C10H13NO3.C7H6O3.C6H5I.C5H9NO3.C5H13N.C4H9O.C2H2Cl2O.CH3PS.B.ClH.K.Na.H/c20-9-15-16(21)7-4-8-17(15)24-11-14-10-23-12-18(22)19(14)13-5-2-1-3-6-13;13-6-11(16)14-10(7-15)12(17)18-8-9-4-2-1-3-5-9;14-11-8-16-7-10(13-11)12(15)17-6-9-4-2-1-3-5-9;13-6-10-7-15-8-11(14)12(10)9-4-2-1-3-5-9;11-9(6-12)10(13)14-7-8-4-2-1-3-5-8;8-4-5-6(9)2-1-3-7(5)10;7-6-4-2-1-3-5-6;7-1-4-2-9-3-5(8)6-4;1-3-4-5-6-2;1-4(2,3)5;3-1-2(4)5;1-2-3;;;;;/h1-9,14,21H,10-12H2;1-5,10,15H,6-8H2,(H,14,16);1-5,10H,6-8H2,(H,13,14);1-5,10,13H,6-8H2;1-5,9,12H,6-7,11H2;1-4,9-10H;1-5H;4,7H,1-3H2,(H,6,8);6H,3-5H2,1-2H3;1-3H3;1H2;1H3;;1H;;;/q;;;;;;;;;-1;;;;;2*+1;-1/t14-;3*10-;9-;;;4-;;;;;;;;;/m00010..1........./s1. The molecule has 4 heterocycles. The molecule has 739 valence electrons. The number of anilines is 2. The first-order valence-electron chi connectivity index (χ1n) is 40.9. The molecule has 3 radical (unpaired) electrons. The molecule has 0 unspecified atom stereocenters. The van der Waals surface area contributed by atoms with Crippen molar-refractivity contribution in [1.29, 1.82) is 0 Å². The smallest absolute Gasteiger partial charge is 1.00 e. The van der Waals surface area contributed by atoms with Crippen molar-refractivity contribution < 1.29 is 214 Å². The zero-order valence-electron chi connectivity index (χ0n) is 78.4. The molecule has 0 bridgehead atoms. The van der Waals surface area contributed by atoms with Crippen molar-refractivity contribution >= 4 is 174 Å². The molecule has 137 heavy (non-hydrogen) atoms. The van der Waals surface area contributed by atoms with Crippen LogP contribution in [0, 0.1) is 3.57 Å². The fourth-order valence-corrected chi connectivity index (χ4v) is 10.6. The van der Waals surface area contributed by atoms with E-state index in [1.807, 2.05) is 171 Å². The Balaban J connectivity index is -0.000000481. The largest absolute Gasteiger partial charge is 1.00 e. The van der Waals surface area contributed by atoms with Gasteiger partial charge in [0.1, 0.15) is 87.8 Å². The Bertz CT molecular complexity index is 4630. The maximum Gasteiger partial charge on any atom is 1.00 e. The number of hydrogen-bond donors (Lipinski definition) is 12. The molecule has 6 atom stereocenters. The third kappa shape index (κ3) is 63.7. The maximum atomic E-state index is 12.2. The van der Waals surface area contributed by atoms with Crippen LogP contribution < -0.4 is 128 Å². The second-order valence-electron chi connectivity index (χ2n) is 28.3. The molecule has 13 N–H and O–H groups in total. The maximum absolute atomic E-state index is 12.2. The van der Waals surface area contributed by atoms with Crippen LogP contribution >= 0.6 is 77.2 Å². The number of aldehydes is 2. The van der Waals surface area contributed by atoms with E-state index < -0.39 is 66.0 Å². The molecule has 0 aromatic heterocycles. The average molecular weight is 2170 g/mol. The fourth-order valence-electron chi connectivity index (χ4n) is 10.2. The number of phenolic OH excluding ortho intramolecular Hbond substituents is 3. The number of unbranched alkanes of at least 4 members (excludes halogenated alkanes) is 1. The van der Waals surface area contributed by atoms with Gasteiger partial charge in [0, 0.05) is 23.4 Å². The quantitative estimate of drug-likeness (QED) is 0.00425. The number of aliphatic hydroxyl groups excluding tert-OH is 4. The Morgan fingerprint density at radius 2 is 0.985 bits per heavy atom. The van der Waals surface area contributed by atoms with Gasteiger partial charge in [-0.05, 0) is 146 Å². The van der Waals surface area contributed by atoms with Crippen LogP contribution in [0.25, 0.3) is 0 Å². The van der Waals surface area contributed by atoms with Crippen molar-refractivity contribution in [3.05, 3.63) is 250 Å². The predicted octanol–water partition coefficient (Wildman–Crippen LogP) is 2.19. The molecule has 0 saturated carbocycles. The Morgan fingerprint density at radius 3 is 1.34 bits per heavy atom. The van der Waals surface area contributed by atoms with Gasteiger partial charge in [-0.25, -0.2) is 9.59 Å². The van der Waals surface area contributed by atoms with Gasteiger partial charge in [-0.3, -0.25) is 43.2 Å². The third-order valence-electron chi connectivity index (χ3n) is 16.4. The Hall–Kier alpha value is -7.60. The molecular formula is C93H119BCl4IKN7NaO27PS. The molecule has 4 fully saturated rings. The molecule has 5 amide bonds. The van der Waals surface area contributed by atoms with Gasteiger partial charge in [-0.1, -0.05) is 204 Å². The minimum atomic E-state index is -1.08. The van der Waals surface area contributed by atoms with E-state index in [1.165, 1.54) is 40.7 Å². The molecule has 4 aliphatic rings. The molecule has 8 aromatic rings. The molecule has 12 rings (SSSR count). The van der Waals surface area contributed by atoms with E-state index in [-0.39, 0.29) is 264 Å². The topological polar surface area (TPSA) is 507 Å². The van der Waals surface area contributed by atoms with Crippen molar-refractivity contribution in [3.8, 4) is 23.0 Å². The van der Waals surface area contributed by atoms with E-state index in [0.29, 0.717) is 32.4 Å². The first kappa shape index (κ1) is 136. The number of ether oxygens (including phenoxy) is 8. The van der Waals surface area contributed by atoms with Gasteiger partial charge in [-0.15, -0.1) is 41.2 Å². The van der Waals surface area contributed by atoms with Crippen molar-refractivity contribution in [2.24, 2.45) is 5.73 Å². The number of rotatable bonds is 26. The van der Waals surface area contributed by atoms with E-state index >= 15 is 0 Å². The van der Waals surface area contributed by atoms with E-state index in [1.54, 1.807) is 54.8 Å². The number of halogens is 5. The van der Waals surface area contributed by atoms with Gasteiger partial charge in [-0.2, -0.15) is 0 Å². The fraction of sp³-hybridized carbons (Fsp3) is 0.366. The number of carbonyl (C=O) groups excluding carboxylic acids is 11. The van der Waals surface area contributed by atoms with Gasteiger partial charge in [0.25, 0.3) is 11.8 Å². The van der Waals surface area contributed by atoms with E-state index in [9.17, 15) is 63.0 Å². The summed E-state index contributed by atoms with van der Waals surface area (Å²) in [5, 5.41) is 82.7. The van der Waals surface area contributed by atoms with Gasteiger partial charge >= 0.3 is 98.8 Å². The van der Waals surface area contributed by atoms with Crippen molar-refractivity contribution in [3.63, 3.8) is 0 Å². The Morgan fingerprint density at radius 1 is 0.599 bits per heavy atom. The summed E-state index contributed by atoms with van der Waals surface area (Å²) in [5.74, 6) is -3.62. The van der Waals surface area contributed by atoms with Gasteiger partial charge < -0.3 is 117 Å². The number of aromatic hydroxyl groups is 3. The van der Waals surface area contributed by atoms with Crippen LogP contribution in [0.2, 0.25) is 0 Å². The summed E-state index contributed by atoms with van der Waals surface area (Å²) in [5.41, 5.74) is 8.73. The number of nitrogens with one attached hydrogen (secondary N) is 4. The number of nitrogens with two attached hydrogens (primary N) is 1. The number of morpholine rings is 4. The van der Waals surface area contributed by atoms with Gasteiger partial charge in [0.15, 0.2) is 24.7 Å².